The van der Waals surface area contributed by atoms with Gasteiger partial charge in [-0.1, -0.05) is 181 Å². The summed E-state index contributed by atoms with van der Waals surface area (Å²) in [5.41, 5.74) is 15.7. The Labute approximate surface area is 310 Å². The fourth-order valence-corrected chi connectivity index (χ4v) is 8.16. The van der Waals surface area contributed by atoms with E-state index in [0.717, 1.165) is 17.1 Å². The van der Waals surface area contributed by atoms with Gasteiger partial charge in [0, 0.05) is 16.9 Å². The van der Waals surface area contributed by atoms with Gasteiger partial charge in [-0.05, 0) is 97.3 Å². The van der Waals surface area contributed by atoms with E-state index in [1.54, 1.807) is 0 Å². The van der Waals surface area contributed by atoms with Gasteiger partial charge in [0.25, 0.3) is 0 Å². The number of nitrogens with zero attached hydrogens (tertiary/aromatic N) is 1. The minimum Gasteiger partial charge on any atom is -0.310 e. The Bertz CT molecular complexity index is 2220. The first-order chi connectivity index (χ1) is 25.1. The normalized spacial score (nSPS) is 13.3. The Morgan fingerprint density at radius 2 is 0.827 bits per heavy atom. The lowest BCUT2D eigenvalue weighted by atomic mass is 9.67. The van der Waals surface area contributed by atoms with Crippen molar-refractivity contribution in [1.29, 1.82) is 0 Å². The summed E-state index contributed by atoms with van der Waals surface area (Å²) in [4.78, 5) is 2.48. The average molecular weight is 674 g/mol. The van der Waals surface area contributed by atoms with E-state index in [-0.39, 0.29) is 10.8 Å². The van der Waals surface area contributed by atoms with Gasteiger partial charge in [0.2, 0.25) is 0 Å². The van der Waals surface area contributed by atoms with Crippen LogP contribution in [0.1, 0.15) is 74.9 Å². The van der Waals surface area contributed by atoms with Crippen LogP contribution in [0.3, 0.4) is 0 Å². The highest BCUT2D eigenvalue weighted by Gasteiger charge is 2.46. The fourth-order valence-electron chi connectivity index (χ4n) is 8.16. The van der Waals surface area contributed by atoms with E-state index in [1.165, 1.54) is 55.6 Å². The van der Waals surface area contributed by atoms with Crippen LogP contribution in [0.2, 0.25) is 0 Å². The van der Waals surface area contributed by atoms with Gasteiger partial charge < -0.3 is 4.90 Å². The molecule has 1 aliphatic rings. The fraction of sp³-hybridized carbons (Fsp3) is 0.176. The van der Waals surface area contributed by atoms with Crippen LogP contribution < -0.4 is 4.90 Å². The summed E-state index contributed by atoms with van der Waals surface area (Å²) >= 11 is 0. The Morgan fingerprint density at radius 1 is 0.385 bits per heavy atom. The van der Waals surface area contributed by atoms with Crippen molar-refractivity contribution in [3.8, 4) is 22.3 Å². The maximum Gasteiger partial charge on any atom is 0.0714 e. The molecule has 1 nitrogen and oxygen atoms in total. The second-order valence-electron chi connectivity index (χ2n) is 16.2. The van der Waals surface area contributed by atoms with Crippen molar-refractivity contribution in [3.05, 3.63) is 209 Å². The van der Waals surface area contributed by atoms with Crippen molar-refractivity contribution in [2.75, 3.05) is 4.90 Å². The van der Waals surface area contributed by atoms with Gasteiger partial charge in [0.1, 0.15) is 0 Å². The van der Waals surface area contributed by atoms with Gasteiger partial charge in [-0.2, -0.15) is 0 Å². The Kier molecular flexibility index (Phi) is 8.26. The third kappa shape index (κ3) is 5.66. The summed E-state index contributed by atoms with van der Waals surface area (Å²) in [5, 5.41) is 0. The zero-order valence-electron chi connectivity index (χ0n) is 31.2. The Hall–Kier alpha value is -5.66. The van der Waals surface area contributed by atoms with Gasteiger partial charge in [-0.25, -0.2) is 0 Å². The first-order valence-electron chi connectivity index (χ1n) is 18.5. The molecule has 1 aliphatic carbocycles. The molecule has 0 bridgehead atoms. The average Bonchev–Trinajstić information content (AvgIpc) is 3.45. The quantitative estimate of drug-likeness (QED) is 0.170. The van der Waals surface area contributed by atoms with Gasteiger partial charge in [-0.3, -0.25) is 0 Å². The summed E-state index contributed by atoms with van der Waals surface area (Å²) in [6, 6.07) is 65.5. The summed E-state index contributed by atoms with van der Waals surface area (Å²) in [6.45, 7) is 13.7. The van der Waals surface area contributed by atoms with E-state index in [4.69, 9.17) is 0 Å². The molecular weight excluding hydrogens is 627 g/mol. The van der Waals surface area contributed by atoms with Crippen LogP contribution in [-0.4, -0.2) is 0 Å². The van der Waals surface area contributed by atoms with E-state index < -0.39 is 5.41 Å². The van der Waals surface area contributed by atoms with Crippen LogP contribution in [0.15, 0.2) is 176 Å². The highest BCUT2D eigenvalue weighted by Crippen LogP contribution is 2.58. The molecule has 0 heterocycles. The number of rotatable bonds is 6. The van der Waals surface area contributed by atoms with Gasteiger partial charge in [0.15, 0.2) is 0 Å². The predicted molar refractivity (Wildman–Crippen MR) is 221 cm³/mol. The Morgan fingerprint density at radius 3 is 1.31 bits per heavy atom. The molecule has 0 atom stereocenters. The summed E-state index contributed by atoms with van der Waals surface area (Å²) in [5.74, 6) is 0. The van der Waals surface area contributed by atoms with Crippen molar-refractivity contribution in [1.82, 2.24) is 0 Å². The maximum absolute atomic E-state index is 2.51. The minimum absolute atomic E-state index is 0.0528. The second-order valence-corrected chi connectivity index (χ2v) is 16.2. The molecule has 0 saturated carbocycles. The molecule has 52 heavy (non-hydrogen) atoms. The predicted octanol–water partition coefficient (Wildman–Crippen LogP) is 13.8. The zero-order valence-corrected chi connectivity index (χ0v) is 31.2. The van der Waals surface area contributed by atoms with Crippen LogP contribution in [0.25, 0.3) is 22.3 Å². The molecular formula is C51H47N. The van der Waals surface area contributed by atoms with Crippen LogP contribution in [0.5, 0.6) is 0 Å². The Balaban J connectivity index is 1.48. The molecule has 7 aromatic carbocycles. The molecule has 0 aliphatic heterocycles. The largest absolute Gasteiger partial charge is 0.310 e. The summed E-state index contributed by atoms with van der Waals surface area (Å²) in [6.07, 6.45) is 0. The van der Waals surface area contributed by atoms with Crippen molar-refractivity contribution >= 4 is 17.1 Å². The molecule has 0 spiro atoms. The van der Waals surface area contributed by atoms with E-state index in [1.807, 2.05) is 0 Å². The lowest BCUT2D eigenvalue weighted by molar-refractivity contribution is 0.590. The summed E-state index contributed by atoms with van der Waals surface area (Å²) in [7, 11) is 0. The molecule has 7 aromatic rings. The third-order valence-electron chi connectivity index (χ3n) is 10.9. The molecule has 8 rings (SSSR count). The smallest absolute Gasteiger partial charge is 0.0714 e. The van der Waals surface area contributed by atoms with Crippen LogP contribution >= 0.6 is 0 Å². The topological polar surface area (TPSA) is 3.24 Å². The highest BCUT2D eigenvalue weighted by molar-refractivity contribution is 5.96. The molecule has 0 fully saturated rings. The van der Waals surface area contributed by atoms with Crippen LogP contribution in [0.4, 0.5) is 17.1 Å². The van der Waals surface area contributed by atoms with Crippen molar-refractivity contribution in [2.45, 2.75) is 57.8 Å². The first-order valence-corrected chi connectivity index (χ1v) is 18.5. The minimum atomic E-state index is -0.504. The zero-order chi connectivity index (χ0) is 36.1. The molecule has 0 aromatic heterocycles. The lowest BCUT2D eigenvalue weighted by Gasteiger charge is -2.35. The third-order valence-corrected chi connectivity index (χ3v) is 10.9. The standard InChI is InChI=1S/C51H47N/c1-49(2,3)37-26-30-41(31-27-37)52(42-32-28-38(29-33-42)50(4,5)6)48-35-47-45(34-44(48)36-18-10-7-11-19-36)43-24-16-17-25-46(43)51(47,39-20-12-8-13-21-39)40-22-14-9-15-23-40/h7-35H,1-6H3. The number of anilines is 3. The first kappa shape index (κ1) is 33.5. The van der Waals surface area contributed by atoms with E-state index in [0.29, 0.717) is 0 Å². The number of hydrogen-bond acceptors (Lipinski definition) is 1. The highest BCUT2D eigenvalue weighted by atomic mass is 15.1. The van der Waals surface area contributed by atoms with E-state index in [2.05, 4.69) is 222 Å². The van der Waals surface area contributed by atoms with Crippen LogP contribution in [-0.2, 0) is 16.2 Å². The van der Waals surface area contributed by atoms with Gasteiger partial charge >= 0.3 is 0 Å². The molecule has 0 saturated heterocycles. The van der Waals surface area contributed by atoms with Crippen LogP contribution in [0, 0.1) is 0 Å². The molecule has 0 N–H and O–H groups in total. The molecule has 1 heteroatoms. The monoisotopic (exact) mass is 673 g/mol. The number of hydrogen-bond donors (Lipinski definition) is 0. The summed E-state index contributed by atoms with van der Waals surface area (Å²) < 4.78 is 0. The molecule has 256 valence electrons. The maximum atomic E-state index is 2.51. The van der Waals surface area contributed by atoms with Crippen molar-refractivity contribution in [3.63, 3.8) is 0 Å². The van der Waals surface area contributed by atoms with E-state index >= 15 is 0 Å². The number of fused-ring (bicyclic) bond motifs is 3. The van der Waals surface area contributed by atoms with Gasteiger partial charge in [0.05, 0.1) is 11.1 Å². The van der Waals surface area contributed by atoms with Gasteiger partial charge in [-0.15, -0.1) is 0 Å². The van der Waals surface area contributed by atoms with Crippen molar-refractivity contribution < 1.29 is 0 Å². The second kappa shape index (κ2) is 12.8. The van der Waals surface area contributed by atoms with Crippen molar-refractivity contribution in [2.24, 2.45) is 0 Å². The molecule has 0 amide bonds. The van der Waals surface area contributed by atoms with E-state index in [9.17, 15) is 0 Å². The number of benzene rings is 7. The molecule has 0 unspecified atom stereocenters. The molecule has 0 radical (unpaired) electrons. The SMILES string of the molecule is CC(C)(C)c1ccc(N(c2ccc(C(C)(C)C)cc2)c2cc3c(cc2-c2ccccc2)-c2ccccc2C3(c2ccccc2)c2ccccc2)cc1. The lowest BCUT2D eigenvalue weighted by Crippen LogP contribution is -2.28.